The van der Waals surface area contributed by atoms with Gasteiger partial charge < -0.3 is 9.55 Å². The van der Waals surface area contributed by atoms with Crippen LogP contribution in [0.2, 0.25) is 0 Å². The summed E-state index contributed by atoms with van der Waals surface area (Å²) in [4.78, 5) is 3.29. The number of fused-ring (bicyclic) bond motifs is 1. The van der Waals surface area contributed by atoms with Crippen molar-refractivity contribution in [3.8, 4) is 11.4 Å². The number of hydrogen-bond acceptors (Lipinski definition) is 3. The fourth-order valence-corrected chi connectivity index (χ4v) is 3.52. The van der Waals surface area contributed by atoms with Crippen molar-refractivity contribution >= 4 is 28.7 Å². The number of rotatable bonds is 5. The van der Waals surface area contributed by atoms with Crippen molar-refractivity contribution in [2.45, 2.75) is 5.16 Å². The van der Waals surface area contributed by atoms with Gasteiger partial charge in [-0.25, -0.2) is 0 Å². The number of aromatic nitrogens is 4. The second-order valence-electron chi connectivity index (χ2n) is 5.74. The van der Waals surface area contributed by atoms with E-state index >= 15 is 0 Å². The van der Waals surface area contributed by atoms with Crippen LogP contribution in [0.5, 0.6) is 0 Å². The van der Waals surface area contributed by atoms with Gasteiger partial charge in [0.05, 0.1) is 0 Å². The lowest BCUT2D eigenvalue weighted by atomic mass is 10.1. The van der Waals surface area contributed by atoms with Crippen molar-refractivity contribution < 1.29 is 0 Å². The van der Waals surface area contributed by atoms with Gasteiger partial charge >= 0.3 is 0 Å². The first-order chi connectivity index (χ1) is 12.3. The monoisotopic (exact) mass is 346 g/mol. The Morgan fingerprint density at radius 1 is 1.04 bits per heavy atom. The number of nitrogens with one attached hydrogen (secondary N) is 1. The van der Waals surface area contributed by atoms with Crippen LogP contribution >= 0.6 is 11.8 Å². The molecule has 5 heteroatoms. The molecule has 0 amide bonds. The number of para-hydroxylation sites is 1. The Hall–Kier alpha value is -2.79. The molecule has 0 fully saturated rings. The fraction of sp³-hybridized carbons (Fsp3) is 0.100. The maximum atomic E-state index is 4.39. The van der Waals surface area contributed by atoms with Gasteiger partial charge in [0, 0.05) is 35.5 Å². The van der Waals surface area contributed by atoms with Gasteiger partial charge in [-0.05, 0) is 11.6 Å². The lowest BCUT2D eigenvalue weighted by Gasteiger charge is -2.02. The van der Waals surface area contributed by atoms with Crippen LogP contribution in [0, 0.1) is 0 Å². The summed E-state index contributed by atoms with van der Waals surface area (Å²) in [5.74, 6) is 1.74. The van der Waals surface area contributed by atoms with Crippen molar-refractivity contribution in [3.63, 3.8) is 0 Å². The van der Waals surface area contributed by atoms with Crippen molar-refractivity contribution in [1.82, 2.24) is 19.7 Å². The second-order valence-corrected chi connectivity index (χ2v) is 6.72. The highest BCUT2D eigenvalue weighted by atomic mass is 32.2. The molecule has 0 aliphatic carbocycles. The molecule has 2 aromatic carbocycles. The Morgan fingerprint density at radius 3 is 2.72 bits per heavy atom. The number of benzene rings is 2. The number of H-pyrrole nitrogens is 1. The van der Waals surface area contributed by atoms with Crippen LogP contribution in [0.3, 0.4) is 0 Å². The summed E-state index contributed by atoms with van der Waals surface area (Å²) in [5, 5.41) is 10.8. The molecule has 2 aromatic heterocycles. The van der Waals surface area contributed by atoms with E-state index in [2.05, 4.69) is 56.2 Å². The Morgan fingerprint density at radius 2 is 1.84 bits per heavy atom. The number of thioether (sulfide) groups is 1. The predicted octanol–water partition coefficient (Wildman–Crippen LogP) is 4.77. The molecule has 0 saturated carbocycles. The fourth-order valence-electron chi connectivity index (χ4n) is 2.80. The maximum Gasteiger partial charge on any atom is 0.191 e. The summed E-state index contributed by atoms with van der Waals surface area (Å²) in [6.45, 7) is 0. The van der Waals surface area contributed by atoms with Crippen LogP contribution in [-0.4, -0.2) is 25.5 Å². The topological polar surface area (TPSA) is 46.5 Å². The molecule has 0 radical (unpaired) electrons. The van der Waals surface area contributed by atoms with E-state index < -0.39 is 0 Å². The number of aromatic amines is 1. The van der Waals surface area contributed by atoms with Crippen molar-refractivity contribution in [2.75, 3.05) is 5.75 Å². The third-order valence-electron chi connectivity index (χ3n) is 4.08. The first-order valence-corrected chi connectivity index (χ1v) is 9.12. The molecular weight excluding hydrogens is 328 g/mol. The van der Waals surface area contributed by atoms with Crippen LogP contribution in [0.25, 0.3) is 28.4 Å². The Labute approximate surface area is 150 Å². The quantitative estimate of drug-likeness (QED) is 0.530. The number of nitrogens with zero attached hydrogens (tertiary/aromatic N) is 3. The van der Waals surface area contributed by atoms with E-state index in [9.17, 15) is 0 Å². The van der Waals surface area contributed by atoms with Gasteiger partial charge in [0.25, 0.3) is 0 Å². The van der Waals surface area contributed by atoms with Gasteiger partial charge in [-0.15, -0.1) is 10.2 Å². The second kappa shape index (κ2) is 6.99. The van der Waals surface area contributed by atoms with Crippen molar-refractivity contribution in [3.05, 3.63) is 72.4 Å². The normalized spacial score (nSPS) is 11.6. The first-order valence-electron chi connectivity index (χ1n) is 8.13. The van der Waals surface area contributed by atoms with Gasteiger partial charge in [-0.1, -0.05) is 72.4 Å². The molecule has 0 unspecified atom stereocenters. The van der Waals surface area contributed by atoms with Gasteiger partial charge in [0.1, 0.15) is 0 Å². The lowest BCUT2D eigenvalue weighted by Crippen LogP contribution is -1.94. The van der Waals surface area contributed by atoms with Gasteiger partial charge in [0.2, 0.25) is 0 Å². The van der Waals surface area contributed by atoms with Gasteiger partial charge in [-0.2, -0.15) is 0 Å². The van der Waals surface area contributed by atoms with E-state index in [4.69, 9.17) is 0 Å². The highest BCUT2D eigenvalue weighted by molar-refractivity contribution is 7.99. The van der Waals surface area contributed by atoms with Crippen LogP contribution in [0.4, 0.5) is 0 Å². The average molecular weight is 346 g/mol. The molecule has 0 atom stereocenters. The lowest BCUT2D eigenvalue weighted by molar-refractivity contribution is 0.795. The van der Waals surface area contributed by atoms with E-state index in [0.717, 1.165) is 27.8 Å². The third-order valence-corrected chi connectivity index (χ3v) is 5.06. The molecule has 1 N–H and O–H groups in total. The standard InChI is InChI=1S/C20H18N4S/c1-24-19(17-14-21-18-12-6-5-11-16(17)18)22-23-20(24)25-13-7-10-15-8-3-2-4-9-15/h2-12,14,21H,13H2,1H3. The number of hydrogen-bond donors (Lipinski definition) is 1. The summed E-state index contributed by atoms with van der Waals surface area (Å²) in [7, 11) is 2.01. The summed E-state index contributed by atoms with van der Waals surface area (Å²) in [5.41, 5.74) is 3.40. The van der Waals surface area contributed by atoms with Crippen LogP contribution in [0.15, 0.2) is 72.0 Å². The molecule has 0 aliphatic rings. The van der Waals surface area contributed by atoms with E-state index in [-0.39, 0.29) is 0 Å². The Balaban J connectivity index is 1.51. The smallest absolute Gasteiger partial charge is 0.191 e. The molecule has 0 spiro atoms. The van der Waals surface area contributed by atoms with E-state index in [1.807, 2.05) is 43.6 Å². The molecule has 4 aromatic rings. The minimum absolute atomic E-state index is 0.856. The molecular formula is C20H18N4S. The molecule has 124 valence electrons. The highest BCUT2D eigenvalue weighted by Gasteiger charge is 2.14. The summed E-state index contributed by atoms with van der Waals surface area (Å²) in [6, 6.07) is 18.5. The minimum Gasteiger partial charge on any atom is -0.360 e. The third kappa shape index (κ3) is 3.23. The molecule has 4 rings (SSSR count). The molecule has 4 nitrogen and oxygen atoms in total. The van der Waals surface area contributed by atoms with Gasteiger partial charge in [-0.3, -0.25) is 0 Å². The van der Waals surface area contributed by atoms with Crippen LogP contribution in [0.1, 0.15) is 5.56 Å². The molecule has 25 heavy (non-hydrogen) atoms. The summed E-state index contributed by atoms with van der Waals surface area (Å²) in [6.07, 6.45) is 6.28. The first kappa shape index (κ1) is 15.7. The minimum atomic E-state index is 0.856. The molecule has 0 aliphatic heterocycles. The predicted molar refractivity (Wildman–Crippen MR) is 104 cm³/mol. The Bertz CT molecular complexity index is 1010. The Kier molecular flexibility index (Phi) is 4.39. The molecule has 0 bridgehead atoms. The zero-order chi connectivity index (χ0) is 17.1. The molecule has 0 saturated heterocycles. The zero-order valence-corrected chi connectivity index (χ0v) is 14.7. The highest BCUT2D eigenvalue weighted by Crippen LogP contribution is 2.29. The summed E-state index contributed by atoms with van der Waals surface area (Å²) >= 11 is 1.68. The maximum absolute atomic E-state index is 4.39. The van der Waals surface area contributed by atoms with Crippen LogP contribution < -0.4 is 0 Å². The SMILES string of the molecule is Cn1c(SCC=Cc2ccccc2)nnc1-c1c[nH]c2ccccc12. The van der Waals surface area contributed by atoms with Crippen molar-refractivity contribution in [1.29, 1.82) is 0 Å². The zero-order valence-electron chi connectivity index (χ0n) is 13.9. The summed E-state index contributed by atoms with van der Waals surface area (Å²) < 4.78 is 2.05. The largest absolute Gasteiger partial charge is 0.360 e. The van der Waals surface area contributed by atoms with E-state index in [1.165, 1.54) is 10.9 Å². The van der Waals surface area contributed by atoms with E-state index in [1.54, 1.807) is 11.8 Å². The average Bonchev–Trinajstić information content (AvgIpc) is 3.23. The van der Waals surface area contributed by atoms with Crippen LogP contribution in [-0.2, 0) is 7.05 Å². The molecule has 2 heterocycles. The van der Waals surface area contributed by atoms with Crippen molar-refractivity contribution in [2.24, 2.45) is 7.05 Å². The van der Waals surface area contributed by atoms with E-state index in [0.29, 0.717) is 0 Å². The van der Waals surface area contributed by atoms with Gasteiger partial charge in [0.15, 0.2) is 11.0 Å².